The maximum Gasteiger partial charge on any atom is 0.221 e. The number of thioether (sulfide) groups is 1. The Hall–Kier alpha value is -2.73. The topological polar surface area (TPSA) is 80.3 Å². The highest BCUT2D eigenvalue weighted by molar-refractivity contribution is 7.98. The van der Waals surface area contributed by atoms with Crippen LogP contribution in [0.3, 0.4) is 0 Å². The van der Waals surface area contributed by atoms with Gasteiger partial charge >= 0.3 is 0 Å². The number of rotatable bonds is 4. The molecule has 1 amide bonds. The molecule has 0 bridgehead atoms. The molecule has 126 valence electrons. The van der Waals surface area contributed by atoms with Crippen molar-refractivity contribution in [3.05, 3.63) is 59.2 Å². The number of fused-ring (bicyclic) bond motifs is 1. The Morgan fingerprint density at radius 1 is 1.00 bits per heavy atom. The summed E-state index contributed by atoms with van der Waals surface area (Å²) >= 11 is 1.53. The fraction of sp³-hybridized carbons (Fsp3) is 0.158. The van der Waals surface area contributed by atoms with E-state index in [9.17, 15) is 19.2 Å². The van der Waals surface area contributed by atoms with Gasteiger partial charge in [-0.25, -0.2) is 0 Å². The summed E-state index contributed by atoms with van der Waals surface area (Å²) in [6.45, 7) is 1.32. The Labute approximate surface area is 148 Å². The Morgan fingerprint density at radius 2 is 1.68 bits per heavy atom. The second-order valence-electron chi connectivity index (χ2n) is 5.66. The van der Waals surface area contributed by atoms with Gasteiger partial charge in [0.15, 0.2) is 17.3 Å². The molecule has 0 heterocycles. The van der Waals surface area contributed by atoms with E-state index < -0.39 is 23.3 Å². The summed E-state index contributed by atoms with van der Waals surface area (Å²) in [5.74, 6) is -3.34. The first-order valence-corrected chi connectivity index (χ1v) is 8.84. The van der Waals surface area contributed by atoms with Crippen LogP contribution in [0.5, 0.6) is 0 Å². The third-order valence-electron chi connectivity index (χ3n) is 4.05. The number of amides is 1. The maximum absolute atomic E-state index is 12.8. The largest absolute Gasteiger partial charge is 0.326 e. The molecule has 1 atom stereocenters. The van der Waals surface area contributed by atoms with E-state index in [4.69, 9.17) is 0 Å². The summed E-state index contributed by atoms with van der Waals surface area (Å²) in [7, 11) is 0. The number of ketones is 3. The molecule has 0 fully saturated rings. The van der Waals surface area contributed by atoms with Crippen molar-refractivity contribution in [3.63, 3.8) is 0 Å². The zero-order valence-electron chi connectivity index (χ0n) is 13.7. The van der Waals surface area contributed by atoms with Gasteiger partial charge in [-0.15, -0.1) is 11.8 Å². The van der Waals surface area contributed by atoms with Gasteiger partial charge in [-0.05, 0) is 24.5 Å². The highest BCUT2D eigenvalue weighted by atomic mass is 32.2. The van der Waals surface area contributed by atoms with Gasteiger partial charge in [0, 0.05) is 22.9 Å². The molecule has 2 aromatic rings. The molecule has 0 aliphatic heterocycles. The van der Waals surface area contributed by atoms with E-state index in [0.717, 1.165) is 4.90 Å². The van der Waals surface area contributed by atoms with E-state index in [-0.39, 0.29) is 22.7 Å². The zero-order valence-corrected chi connectivity index (χ0v) is 14.5. The van der Waals surface area contributed by atoms with Crippen LogP contribution in [-0.4, -0.2) is 29.5 Å². The van der Waals surface area contributed by atoms with Crippen LogP contribution in [-0.2, 0) is 4.79 Å². The number of anilines is 1. The molecular weight excluding hydrogens is 338 g/mol. The lowest BCUT2D eigenvalue weighted by Gasteiger charge is -2.08. The number of carbonyl (C=O) groups excluding carboxylic acids is 4. The predicted molar refractivity (Wildman–Crippen MR) is 95.5 cm³/mol. The van der Waals surface area contributed by atoms with Crippen LogP contribution < -0.4 is 5.32 Å². The average molecular weight is 353 g/mol. The molecule has 1 aliphatic rings. The molecule has 0 spiro atoms. The fourth-order valence-electron chi connectivity index (χ4n) is 2.90. The molecule has 1 N–H and O–H groups in total. The predicted octanol–water partition coefficient (Wildman–Crippen LogP) is 3.25. The molecule has 6 heteroatoms. The van der Waals surface area contributed by atoms with Crippen molar-refractivity contribution < 1.29 is 19.2 Å². The molecule has 0 saturated heterocycles. The molecule has 0 saturated carbocycles. The average Bonchev–Trinajstić information content (AvgIpc) is 2.86. The first kappa shape index (κ1) is 17.1. The summed E-state index contributed by atoms with van der Waals surface area (Å²) in [4.78, 5) is 50.4. The minimum atomic E-state index is -1.38. The van der Waals surface area contributed by atoms with Crippen molar-refractivity contribution in [2.45, 2.75) is 11.8 Å². The van der Waals surface area contributed by atoms with E-state index in [1.165, 1.54) is 24.8 Å². The summed E-state index contributed by atoms with van der Waals surface area (Å²) in [5, 5.41) is 2.54. The number of hydrogen-bond acceptors (Lipinski definition) is 5. The molecule has 2 aromatic carbocycles. The van der Waals surface area contributed by atoms with E-state index in [1.54, 1.807) is 36.4 Å². The Morgan fingerprint density at radius 3 is 2.28 bits per heavy atom. The van der Waals surface area contributed by atoms with Crippen molar-refractivity contribution in [1.82, 2.24) is 0 Å². The summed E-state index contributed by atoms with van der Waals surface area (Å²) < 4.78 is 0. The number of hydrogen-bond donors (Lipinski definition) is 1. The van der Waals surface area contributed by atoms with Gasteiger partial charge in [0.1, 0.15) is 5.92 Å². The number of nitrogens with one attached hydrogen (secondary N) is 1. The van der Waals surface area contributed by atoms with Crippen LogP contribution in [0.2, 0.25) is 0 Å². The lowest BCUT2D eigenvalue weighted by Crippen LogP contribution is -2.25. The van der Waals surface area contributed by atoms with Crippen molar-refractivity contribution in [2.24, 2.45) is 5.92 Å². The van der Waals surface area contributed by atoms with Gasteiger partial charge in [-0.2, -0.15) is 0 Å². The molecular formula is C19H15NO4S. The SMILES string of the molecule is CSc1ccc(C(=O)C2C(=O)c3cccc(NC(C)=O)c3C2=O)cc1. The molecule has 5 nitrogen and oxygen atoms in total. The second kappa shape index (κ2) is 6.64. The van der Waals surface area contributed by atoms with Crippen LogP contribution in [0.25, 0.3) is 0 Å². The Bertz CT molecular complexity index is 902. The molecule has 0 radical (unpaired) electrons. The third kappa shape index (κ3) is 3.00. The monoisotopic (exact) mass is 353 g/mol. The normalized spacial score (nSPS) is 15.8. The van der Waals surface area contributed by atoms with E-state index in [1.807, 2.05) is 6.26 Å². The van der Waals surface area contributed by atoms with E-state index >= 15 is 0 Å². The summed E-state index contributed by atoms with van der Waals surface area (Å²) in [6.07, 6.45) is 1.92. The Kier molecular flexibility index (Phi) is 4.55. The van der Waals surface area contributed by atoms with Gasteiger partial charge in [-0.3, -0.25) is 19.2 Å². The molecule has 1 unspecified atom stereocenters. The molecule has 25 heavy (non-hydrogen) atoms. The zero-order chi connectivity index (χ0) is 18.1. The fourth-order valence-corrected chi connectivity index (χ4v) is 3.30. The van der Waals surface area contributed by atoms with Gasteiger partial charge in [-0.1, -0.05) is 24.3 Å². The summed E-state index contributed by atoms with van der Waals surface area (Å²) in [5.41, 5.74) is 0.867. The van der Waals surface area contributed by atoms with Crippen molar-refractivity contribution >= 4 is 40.7 Å². The first-order chi connectivity index (χ1) is 11.9. The van der Waals surface area contributed by atoms with E-state index in [0.29, 0.717) is 5.56 Å². The summed E-state index contributed by atoms with van der Waals surface area (Å²) in [6, 6.07) is 11.4. The lowest BCUT2D eigenvalue weighted by atomic mass is 9.93. The first-order valence-electron chi connectivity index (χ1n) is 7.61. The molecule has 1 aliphatic carbocycles. The van der Waals surface area contributed by atoms with Crippen LogP contribution in [0.1, 0.15) is 38.0 Å². The van der Waals surface area contributed by atoms with Crippen LogP contribution in [0.4, 0.5) is 5.69 Å². The number of benzene rings is 2. The van der Waals surface area contributed by atoms with Crippen molar-refractivity contribution in [1.29, 1.82) is 0 Å². The molecule has 0 aromatic heterocycles. The van der Waals surface area contributed by atoms with Gasteiger partial charge in [0.25, 0.3) is 0 Å². The van der Waals surface area contributed by atoms with Crippen molar-refractivity contribution in [2.75, 3.05) is 11.6 Å². The van der Waals surface area contributed by atoms with Crippen LogP contribution in [0, 0.1) is 5.92 Å². The minimum absolute atomic E-state index is 0.113. The minimum Gasteiger partial charge on any atom is -0.326 e. The van der Waals surface area contributed by atoms with Gasteiger partial charge in [0.2, 0.25) is 5.91 Å². The van der Waals surface area contributed by atoms with Crippen LogP contribution in [0.15, 0.2) is 47.4 Å². The highest BCUT2D eigenvalue weighted by Crippen LogP contribution is 2.34. The van der Waals surface area contributed by atoms with Gasteiger partial charge < -0.3 is 5.32 Å². The van der Waals surface area contributed by atoms with Crippen molar-refractivity contribution in [3.8, 4) is 0 Å². The maximum atomic E-state index is 12.8. The quantitative estimate of drug-likeness (QED) is 0.518. The second-order valence-corrected chi connectivity index (χ2v) is 6.54. The number of Topliss-reactive ketones (excluding diaryl/α,β-unsaturated/α-hetero) is 3. The lowest BCUT2D eigenvalue weighted by molar-refractivity contribution is -0.114. The highest BCUT2D eigenvalue weighted by Gasteiger charge is 2.44. The standard InChI is InChI=1S/C19H15NO4S/c1-10(21)20-14-5-3-4-13-15(14)19(24)16(18(13)23)17(22)11-6-8-12(25-2)9-7-11/h3-9,16H,1-2H3,(H,20,21). The van der Waals surface area contributed by atoms with Gasteiger partial charge in [0.05, 0.1) is 11.3 Å². The molecule has 3 rings (SSSR count). The number of carbonyl (C=O) groups is 4. The van der Waals surface area contributed by atoms with Crippen LogP contribution >= 0.6 is 11.8 Å². The smallest absolute Gasteiger partial charge is 0.221 e. The van der Waals surface area contributed by atoms with E-state index in [2.05, 4.69) is 5.32 Å². The third-order valence-corrected chi connectivity index (χ3v) is 4.79. The Balaban J connectivity index is 1.99.